The van der Waals surface area contributed by atoms with Gasteiger partial charge in [-0.15, -0.1) is 0 Å². The summed E-state index contributed by atoms with van der Waals surface area (Å²) in [7, 11) is 0. The van der Waals surface area contributed by atoms with Crippen molar-refractivity contribution in [3.8, 4) is 0 Å². The maximum absolute atomic E-state index is 11.7. The Balaban J connectivity index is 1.81. The first-order chi connectivity index (χ1) is 9.24. The largest absolute Gasteiger partial charge is 0.324 e. The third-order valence-corrected chi connectivity index (χ3v) is 3.31. The molecule has 3 heterocycles. The molecule has 1 unspecified atom stereocenters. The Labute approximate surface area is 109 Å². The Morgan fingerprint density at radius 1 is 1.53 bits per heavy atom. The van der Waals surface area contributed by atoms with E-state index < -0.39 is 0 Å². The molecule has 2 aromatic heterocycles. The Kier molecular flexibility index (Phi) is 3.02. The summed E-state index contributed by atoms with van der Waals surface area (Å²) >= 11 is 0. The number of nitrogens with zero attached hydrogens (tertiary/aromatic N) is 5. The zero-order valence-electron chi connectivity index (χ0n) is 10.7. The van der Waals surface area contributed by atoms with Gasteiger partial charge in [0.25, 0.3) is 5.56 Å². The Morgan fingerprint density at radius 3 is 3.16 bits per heavy atom. The predicted molar refractivity (Wildman–Crippen MR) is 67.9 cm³/mol. The lowest BCUT2D eigenvalue weighted by molar-refractivity contribution is 0.394. The zero-order valence-corrected chi connectivity index (χ0v) is 10.7. The van der Waals surface area contributed by atoms with Crippen LogP contribution in [0.25, 0.3) is 0 Å². The van der Waals surface area contributed by atoms with Gasteiger partial charge in [0, 0.05) is 18.8 Å². The van der Waals surface area contributed by atoms with Crippen LogP contribution in [0.15, 0.2) is 27.6 Å². The van der Waals surface area contributed by atoms with Gasteiger partial charge in [0.15, 0.2) is 5.82 Å². The zero-order chi connectivity index (χ0) is 13.2. The average molecular weight is 261 g/mol. The second-order valence-corrected chi connectivity index (χ2v) is 4.66. The highest BCUT2D eigenvalue weighted by molar-refractivity contribution is 5.29. The van der Waals surface area contributed by atoms with Gasteiger partial charge >= 0.3 is 6.01 Å². The summed E-state index contributed by atoms with van der Waals surface area (Å²) in [6.45, 7) is 3.20. The van der Waals surface area contributed by atoms with Crippen LogP contribution < -0.4 is 10.5 Å². The third kappa shape index (κ3) is 2.35. The summed E-state index contributed by atoms with van der Waals surface area (Å²) in [5, 5.41) is 7.89. The van der Waals surface area contributed by atoms with Gasteiger partial charge in [0.1, 0.15) is 0 Å². The lowest BCUT2D eigenvalue weighted by Crippen LogP contribution is -2.37. The van der Waals surface area contributed by atoms with Gasteiger partial charge in [-0.2, -0.15) is 10.1 Å². The fraction of sp³-hybridized carbons (Fsp3) is 0.500. The number of anilines is 1. The molecule has 7 nitrogen and oxygen atoms in total. The minimum atomic E-state index is -0.0870. The SMILES string of the molecule is Cc1noc(N2CCCC2Cn2ncccc2=O)n1. The highest BCUT2D eigenvalue weighted by atomic mass is 16.5. The monoisotopic (exact) mass is 261 g/mol. The van der Waals surface area contributed by atoms with Crippen molar-refractivity contribution in [1.82, 2.24) is 19.9 Å². The van der Waals surface area contributed by atoms with E-state index in [0.29, 0.717) is 18.4 Å². The van der Waals surface area contributed by atoms with Crippen molar-refractivity contribution in [3.63, 3.8) is 0 Å². The van der Waals surface area contributed by atoms with E-state index in [1.165, 1.54) is 10.7 Å². The van der Waals surface area contributed by atoms with E-state index in [2.05, 4.69) is 20.1 Å². The Hall–Kier alpha value is -2.18. The molecule has 1 saturated heterocycles. The van der Waals surface area contributed by atoms with Gasteiger partial charge < -0.3 is 9.42 Å². The molecule has 1 aliphatic heterocycles. The van der Waals surface area contributed by atoms with Crippen LogP contribution in [0.2, 0.25) is 0 Å². The van der Waals surface area contributed by atoms with Gasteiger partial charge in [0.05, 0.1) is 12.6 Å². The molecule has 1 atom stereocenters. The summed E-state index contributed by atoms with van der Waals surface area (Å²) in [6.07, 6.45) is 3.66. The lowest BCUT2D eigenvalue weighted by Gasteiger charge is -2.22. The quantitative estimate of drug-likeness (QED) is 0.805. The van der Waals surface area contributed by atoms with Gasteiger partial charge in [0.2, 0.25) is 0 Å². The van der Waals surface area contributed by atoms with Crippen LogP contribution in [0.1, 0.15) is 18.7 Å². The van der Waals surface area contributed by atoms with Gasteiger partial charge in [-0.1, -0.05) is 5.16 Å². The first-order valence-corrected chi connectivity index (χ1v) is 6.33. The maximum atomic E-state index is 11.7. The van der Waals surface area contributed by atoms with Crippen LogP contribution >= 0.6 is 0 Å². The molecule has 0 N–H and O–H groups in total. The molecular weight excluding hydrogens is 246 g/mol. The molecule has 100 valence electrons. The smallest absolute Gasteiger partial charge is 0.320 e. The summed E-state index contributed by atoms with van der Waals surface area (Å²) < 4.78 is 6.68. The fourth-order valence-electron chi connectivity index (χ4n) is 2.40. The second-order valence-electron chi connectivity index (χ2n) is 4.66. The molecule has 19 heavy (non-hydrogen) atoms. The van der Waals surface area contributed by atoms with E-state index in [9.17, 15) is 4.79 Å². The first-order valence-electron chi connectivity index (χ1n) is 6.33. The summed E-state index contributed by atoms with van der Waals surface area (Å²) in [5.41, 5.74) is -0.0870. The molecule has 7 heteroatoms. The van der Waals surface area contributed by atoms with E-state index in [-0.39, 0.29) is 11.6 Å². The van der Waals surface area contributed by atoms with Crippen molar-refractivity contribution in [2.75, 3.05) is 11.4 Å². The lowest BCUT2D eigenvalue weighted by atomic mass is 10.2. The number of aromatic nitrogens is 4. The molecule has 0 spiro atoms. The molecule has 2 aromatic rings. The van der Waals surface area contributed by atoms with E-state index in [1.807, 2.05) is 0 Å². The molecule has 0 bridgehead atoms. The Bertz CT molecular complexity index is 620. The predicted octanol–water partition coefficient (Wildman–Crippen LogP) is 0.604. The number of rotatable bonds is 3. The van der Waals surface area contributed by atoms with Gasteiger partial charge in [-0.25, -0.2) is 4.68 Å². The molecular formula is C12H15N5O2. The van der Waals surface area contributed by atoms with Gasteiger partial charge in [-0.3, -0.25) is 4.79 Å². The fourth-order valence-corrected chi connectivity index (χ4v) is 2.40. The molecule has 1 aliphatic rings. The number of hydrogen-bond donors (Lipinski definition) is 0. The van der Waals surface area contributed by atoms with Crippen molar-refractivity contribution in [3.05, 3.63) is 34.5 Å². The summed E-state index contributed by atoms with van der Waals surface area (Å²) in [6, 6.07) is 3.87. The second kappa shape index (κ2) is 4.83. The van der Waals surface area contributed by atoms with Crippen LogP contribution in [0, 0.1) is 6.92 Å². The van der Waals surface area contributed by atoms with Crippen molar-refractivity contribution >= 4 is 6.01 Å². The standard InChI is InChI=1S/C12H15N5O2/c1-9-14-12(19-15-9)16-7-3-4-10(16)8-17-11(18)5-2-6-13-17/h2,5-6,10H,3-4,7-8H2,1H3. The van der Waals surface area contributed by atoms with Gasteiger partial charge in [-0.05, 0) is 25.8 Å². The van der Waals surface area contributed by atoms with Crippen molar-refractivity contribution in [2.45, 2.75) is 32.4 Å². The first kappa shape index (κ1) is 11.9. The average Bonchev–Trinajstić information content (AvgIpc) is 3.01. The third-order valence-electron chi connectivity index (χ3n) is 3.31. The molecule has 0 amide bonds. The Morgan fingerprint density at radius 2 is 2.42 bits per heavy atom. The van der Waals surface area contributed by atoms with E-state index >= 15 is 0 Å². The van der Waals surface area contributed by atoms with Crippen LogP contribution in [0.3, 0.4) is 0 Å². The molecule has 0 saturated carbocycles. The molecule has 0 aromatic carbocycles. The van der Waals surface area contributed by atoms with Crippen molar-refractivity contribution in [1.29, 1.82) is 0 Å². The summed E-state index contributed by atoms with van der Waals surface area (Å²) in [5.74, 6) is 0.621. The van der Waals surface area contributed by atoms with E-state index in [1.54, 1.807) is 19.2 Å². The minimum Gasteiger partial charge on any atom is -0.320 e. The van der Waals surface area contributed by atoms with Crippen LogP contribution in [-0.2, 0) is 6.54 Å². The molecule has 1 fully saturated rings. The van der Waals surface area contributed by atoms with Crippen LogP contribution in [-0.4, -0.2) is 32.5 Å². The highest BCUT2D eigenvalue weighted by Gasteiger charge is 2.29. The minimum absolute atomic E-state index is 0.0870. The molecule has 0 aliphatic carbocycles. The van der Waals surface area contributed by atoms with Crippen molar-refractivity contribution < 1.29 is 4.52 Å². The van der Waals surface area contributed by atoms with Crippen LogP contribution in [0.5, 0.6) is 0 Å². The van der Waals surface area contributed by atoms with E-state index in [4.69, 9.17) is 4.52 Å². The van der Waals surface area contributed by atoms with Crippen LogP contribution in [0.4, 0.5) is 6.01 Å². The molecule has 0 radical (unpaired) electrons. The number of aryl methyl sites for hydroxylation is 1. The van der Waals surface area contributed by atoms with Crippen molar-refractivity contribution in [2.24, 2.45) is 0 Å². The normalized spacial score (nSPS) is 19.0. The van der Waals surface area contributed by atoms with E-state index in [0.717, 1.165) is 19.4 Å². The molecule has 3 rings (SSSR count). The number of hydrogen-bond acceptors (Lipinski definition) is 6. The highest BCUT2D eigenvalue weighted by Crippen LogP contribution is 2.24. The topological polar surface area (TPSA) is 77.0 Å². The maximum Gasteiger partial charge on any atom is 0.324 e. The summed E-state index contributed by atoms with van der Waals surface area (Å²) in [4.78, 5) is 18.0.